The number of sulfone groups is 1. The molecule has 30 heavy (non-hydrogen) atoms. The van der Waals surface area contributed by atoms with Crippen LogP contribution in [0.3, 0.4) is 0 Å². The number of ether oxygens (including phenoxy) is 2. The van der Waals surface area contributed by atoms with Crippen LogP contribution in [0.1, 0.15) is 16.7 Å². The second-order valence-corrected chi connectivity index (χ2v) is 10.8. The van der Waals surface area contributed by atoms with Crippen molar-refractivity contribution >= 4 is 32.5 Å². The summed E-state index contributed by atoms with van der Waals surface area (Å²) in [4.78, 5) is 6.85. The lowest BCUT2D eigenvalue weighted by atomic mass is 10.1. The van der Waals surface area contributed by atoms with E-state index in [2.05, 4.69) is 32.0 Å². The largest absolute Gasteiger partial charge is 0.497 e. The van der Waals surface area contributed by atoms with Crippen molar-refractivity contribution in [3.8, 4) is 11.5 Å². The Morgan fingerprint density at radius 2 is 1.87 bits per heavy atom. The zero-order chi connectivity index (χ0) is 21.5. The average Bonchev–Trinajstić information content (AvgIpc) is 3.19. The van der Waals surface area contributed by atoms with E-state index in [9.17, 15) is 8.42 Å². The summed E-state index contributed by atoms with van der Waals surface area (Å²) in [5.74, 6) is 2.30. The minimum absolute atomic E-state index is 0.0914. The van der Waals surface area contributed by atoms with E-state index < -0.39 is 9.84 Å². The van der Waals surface area contributed by atoms with Gasteiger partial charge in [0, 0.05) is 11.8 Å². The zero-order valence-corrected chi connectivity index (χ0v) is 19.2. The maximum atomic E-state index is 12.3. The van der Waals surface area contributed by atoms with E-state index >= 15 is 0 Å². The molecule has 2 aliphatic rings. The van der Waals surface area contributed by atoms with Gasteiger partial charge in [0.05, 0.1) is 43.5 Å². The molecule has 160 valence electrons. The first kappa shape index (κ1) is 21.1. The van der Waals surface area contributed by atoms with Crippen LogP contribution >= 0.6 is 11.8 Å². The fourth-order valence-electron chi connectivity index (χ4n) is 3.94. The quantitative estimate of drug-likeness (QED) is 0.699. The van der Waals surface area contributed by atoms with E-state index in [-0.39, 0.29) is 23.6 Å². The summed E-state index contributed by atoms with van der Waals surface area (Å²) in [6.45, 7) is 4.21. The number of amidine groups is 1. The highest BCUT2D eigenvalue weighted by Gasteiger charge is 2.47. The minimum atomic E-state index is -3.11. The van der Waals surface area contributed by atoms with E-state index in [1.54, 1.807) is 26.0 Å². The lowest BCUT2D eigenvalue weighted by Crippen LogP contribution is -2.39. The van der Waals surface area contributed by atoms with Crippen LogP contribution < -0.4 is 14.4 Å². The van der Waals surface area contributed by atoms with Crippen molar-refractivity contribution in [2.24, 2.45) is 4.99 Å². The highest BCUT2D eigenvalue weighted by atomic mass is 32.2. The van der Waals surface area contributed by atoms with Crippen molar-refractivity contribution in [1.82, 2.24) is 0 Å². The maximum Gasteiger partial charge on any atom is 0.164 e. The third-order valence-corrected chi connectivity index (χ3v) is 8.43. The number of fused-ring (bicyclic) bond motifs is 1. The Balaban J connectivity index is 1.68. The normalized spacial score (nSPS) is 22.0. The molecule has 2 heterocycles. The molecule has 0 aromatic heterocycles. The molecule has 1 fully saturated rings. The Labute approximate surface area is 182 Å². The molecule has 6 nitrogen and oxygen atoms in total. The van der Waals surface area contributed by atoms with Gasteiger partial charge in [0.2, 0.25) is 0 Å². The summed E-state index contributed by atoms with van der Waals surface area (Å²) in [6, 6.07) is 11.5. The third kappa shape index (κ3) is 4.03. The van der Waals surface area contributed by atoms with Crippen LogP contribution in [0.2, 0.25) is 0 Å². The molecule has 8 heteroatoms. The summed E-state index contributed by atoms with van der Waals surface area (Å²) in [5, 5.41) is 0.824. The number of methoxy groups -OCH3 is 2. The van der Waals surface area contributed by atoms with Gasteiger partial charge in [0.15, 0.2) is 15.0 Å². The highest BCUT2D eigenvalue weighted by molar-refractivity contribution is 8.13. The molecule has 0 bridgehead atoms. The molecule has 0 unspecified atom stereocenters. The SMILES string of the molecule is COc1ccc(OC)c(N2C(SCc3ccc(C)c(C)c3)=N[C@@H]3CS(=O)(=O)C[C@H]32)c1. The highest BCUT2D eigenvalue weighted by Crippen LogP contribution is 2.41. The zero-order valence-electron chi connectivity index (χ0n) is 17.6. The van der Waals surface area contributed by atoms with Crippen molar-refractivity contribution in [3.05, 3.63) is 53.1 Å². The molecular formula is C22H26N2O4S2. The number of nitrogens with zero attached hydrogens (tertiary/aromatic N) is 2. The number of aliphatic imine (C=N–C) groups is 1. The van der Waals surface area contributed by atoms with Crippen molar-refractivity contribution in [2.45, 2.75) is 31.7 Å². The number of benzene rings is 2. The second-order valence-electron chi connectivity index (χ2n) is 7.74. The number of anilines is 1. The summed E-state index contributed by atoms with van der Waals surface area (Å²) in [5.41, 5.74) is 4.53. The fraction of sp³-hybridized carbons (Fsp3) is 0.409. The minimum Gasteiger partial charge on any atom is -0.497 e. The number of aryl methyl sites for hydroxylation is 2. The molecule has 0 aliphatic carbocycles. The van der Waals surface area contributed by atoms with Crippen LogP contribution in [0.4, 0.5) is 5.69 Å². The Kier molecular flexibility index (Phi) is 5.72. The Morgan fingerprint density at radius 1 is 1.07 bits per heavy atom. The molecule has 2 atom stereocenters. The Bertz CT molecular complexity index is 1100. The van der Waals surface area contributed by atoms with E-state index in [1.165, 1.54) is 16.7 Å². The predicted molar refractivity (Wildman–Crippen MR) is 123 cm³/mol. The van der Waals surface area contributed by atoms with Gasteiger partial charge in [-0.05, 0) is 42.7 Å². The number of hydrogen-bond acceptors (Lipinski definition) is 7. The van der Waals surface area contributed by atoms with Gasteiger partial charge in [-0.2, -0.15) is 0 Å². The van der Waals surface area contributed by atoms with Gasteiger partial charge in [-0.25, -0.2) is 8.42 Å². The smallest absolute Gasteiger partial charge is 0.164 e. The molecule has 2 aromatic carbocycles. The number of hydrogen-bond donors (Lipinski definition) is 0. The van der Waals surface area contributed by atoms with Crippen molar-refractivity contribution in [1.29, 1.82) is 0 Å². The van der Waals surface area contributed by atoms with Gasteiger partial charge in [-0.1, -0.05) is 30.0 Å². The standard InChI is InChI=1S/C22H26N2O4S2/c1-14-5-6-16(9-15(14)2)11-29-22-23-18-12-30(25,26)13-20(18)24(22)19-10-17(27-3)7-8-21(19)28-4/h5-10,18,20H,11-13H2,1-4H3/t18-,20-/m1/s1. The van der Waals surface area contributed by atoms with Crippen LogP contribution in [0.15, 0.2) is 41.4 Å². The molecule has 2 aliphatic heterocycles. The third-order valence-electron chi connectivity index (χ3n) is 5.69. The van der Waals surface area contributed by atoms with E-state index in [4.69, 9.17) is 14.5 Å². The summed E-state index contributed by atoms with van der Waals surface area (Å²) < 4.78 is 35.6. The lowest BCUT2D eigenvalue weighted by molar-refractivity contribution is 0.403. The van der Waals surface area contributed by atoms with Gasteiger partial charge in [-0.3, -0.25) is 4.99 Å². The van der Waals surface area contributed by atoms with Crippen LogP contribution in [0.25, 0.3) is 0 Å². The first-order valence-corrected chi connectivity index (χ1v) is 12.6. The molecule has 4 rings (SSSR count). The molecule has 0 spiro atoms. The van der Waals surface area contributed by atoms with E-state index in [0.29, 0.717) is 11.5 Å². The van der Waals surface area contributed by atoms with Crippen molar-refractivity contribution in [3.63, 3.8) is 0 Å². The van der Waals surface area contributed by atoms with E-state index in [1.807, 2.05) is 23.1 Å². The fourth-order valence-corrected chi connectivity index (χ4v) is 6.84. The second kappa shape index (κ2) is 8.15. The summed E-state index contributed by atoms with van der Waals surface area (Å²) in [6.07, 6.45) is 0. The molecule has 0 saturated carbocycles. The van der Waals surface area contributed by atoms with Crippen LogP contribution in [0.5, 0.6) is 11.5 Å². The molecule has 2 aromatic rings. The van der Waals surface area contributed by atoms with Crippen molar-refractivity contribution in [2.75, 3.05) is 30.6 Å². The van der Waals surface area contributed by atoms with Crippen LogP contribution in [-0.2, 0) is 15.6 Å². The molecular weight excluding hydrogens is 420 g/mol. The number of rotatable bonds is 5. The molecule has 1 saturated heterocycles. The first-order chi connectivity index (χ1) is 14.3. The van der Waals surface area contributed by atoms with Gasteiger partial charge < -0.3 is 14.4 Å². The van der Waals surface area contributed by atoms with Crippen LogP contribution in [0, 0.1) is 13.8 Å². The maximum absolute atomic E-state index is 12.3. The molecule has 0 amide bonds. The molecule has 0 N–H and O–H groups in total. The average molecular weight is 447 g/mol. The summed E-state index contributed by atoms with van der Waals surface area (Å²) in [7, 11) is 0.115. The van der Waals surface area contributed by atoms with Gasteiger partial charge in [0.1, 0.15) is 11.5 Å². The Hall–Kier alpha value is -2.19. The monoisotopic (exact) mass is 446 g/mol. The lowest BCUT2D eigenvalue weighted by Gasteiger charge is -2.28. The van der Waals surface area contributed by atoms with Gasteiger partial charge in [-0.15, -0.1) is 0 Å². The van der Waals surface area contributed by atoms with Crippen LogP contribution in [-0.4, -0.2) is 51.4 Å². The predicted octanol–water partition coefficient (Wildman–Crippen LogP) is 3.60. The molecule has 0 radical (unpaired) electrons. The number of thioether (sulfide) groups is 1. The topological polar surface area (TPSA) is 68.2 Å². The summed E-state index contributed by atoms with van der Waals surface area (Å²) >= 11 is 1.63. The van der Waals surface area contributed by atoms with Gasteiger partial charge >= 0.3 is 0 Å². The van der Waals surface area contributed by atoms with Crippen molar-refractivity contribution < 1.29 is 17.9 Å². The first-order valence-electron chi connectivity index (χ1n) is 9.79. The van der Waals surface area contributed by atoms with Gasteiger partial charge in [0.25, 0.3) is 0 Å². The van der Waals surface area contributed by atoms with E-state index in [0.717, 1.165) is 16.6 Å². The Morgan fingerprint density at radius 3 is 2.57 bits per heavy atom.